The minimum absolute atomic E-state index is 0.00920. The first-order valence-corrected chi connectivity index (χ1v) is 8.55. The number of benzene rings is 1. The molecule has 1 aromatic rings. The lowest BCUT2D eigenvalue weighted by Crippen LogP contribution is -2.53. The molecular formula is C18H25N3O3. The Morgan fingerprint density at radius 3 is 2.46 bits per heavy atom. The molecule has 24 heavy (non-hydrogen) atoms. The van der Waals surface area contributed by atoms with Gasteiger partial charge in [0.15, 0.2) is 0 Å². The van der Waals surface area contributed by atoms with Crippen LogP contribution in [-0.2, 0) is 14.3 Å². The molecule has 3 rings (SSSR count). The van der Waals surface area contributed by atoms with Crippen LogP contribution in [0.25, 0.3) is 0 Å². The Labute approximate surface area is 143 Å². The number of hydrogen-bond donors (Lipinski definition) is 0. The lowest BCUT2D eigenvalue weighted by molar-refractivity contribution is -0.139. The van der Waals surface area contributed by atoms with Crippen LogP contribution in [0.1, 0.15) is 18.5 Å². The van der Waals surface area contributed by atoms with E-state index in [9.17, 15) is 9.59 Å². The number of carbonyl (C=O) groups is 2. The molecule has 2 aliphatic rings. The molecule has 2 amide bonds. The third kappa shape index (κ3) is 3.94. The lowest BCUT2D eigenvalue weighted by atomic mass is 10.0. The van der Waals surface area contributed by atoms with E-state index in [4.69, 9.17) is 4.74 Å². The highest BCUT2D eigenvalue weighted by molar-refractivity contribution is 5.78. The minimum atomic E-state index is 0.00920. The number of hydrogen-bond acceptors (Lipinski definition) is 4. The Balaban J connectivity index is 1.66. The van der Waals surface area contributed by atoms with Gasteiger partial charge in [0, 0.05) is 39.6 Å². The number of morpholine rings is 1. The van der Waals surface area contributed by atoms with Crippen LogP contribution in [0.2, 0.25) is 0 Å². The Kier molecular flexibility index (Phi) is 5.48. The molecule has 6 heteroatoms. The number of nitrogens with zero attached hydrogens (tertiary/aromatic N) is 3. The fraction of sp³-hybridized carbons (Fsp3) is 0.556. The Morgan fingerprint density at radius 1 is 1.08 bits per heavy atom. The summed E-state index contributed by atoms with van der Waals surface area (Å²) in [5, 5.41) is 0. The third-order valence-corrected chi connectivity index (χ3v) is 4.78. The molecule has 1 atom stereocenters. The van der Waals surface area contributed by atoms with E-state index in [1.165, 1.54) is 0 Å². The highest BCUT2D eigenvalue weighted by Crippen LogP contribution is 2.25. The van der Waals surface area contributed by atoms with E-state index in [-0.39, 0.29) is 17.9 Å². The quantitative estimate of drug-likeness (QED) is 0.820. The zero-order chi connectivity index (χ0) is 16.9. The van der Waals surface area contributed by atoms with Crippen molar-refractivity contribution in [3.8, 4) is 0 Å². The molecule has 0 aliphatic carbocycles. The molecule has 2 aliphatic heterocycles. The van der Waals surface area contributed by atoms with Crippen molar-refractivity contribution >= 4 is 11.8 Å². The maximum Gasteiger partial charge on any atom is 0.236 e. The zero-order valence-corrected chi connectivity index (χ0v) is 14.2. The number of ether oxygens (including phenoxy) is 1. The van der Waals surface area contributed by atoms with E-state index < -0.39 is 0 Å². The third-order valence-electron chi connectivity index (χ3n) is 4.78. The largest absolute Gasteiger partial charge is 0.378 e. The highest BCUT2D eigenvalue weighted by Gasteiger charge is 2.31. The summed E-state index contributed by atoms with van der Waals surface area (Å²) in [4.78, 5) is 30.4. The average Bonchev–Trinajstić information content (AvgIpc) is 2.63. The fourth-order valence-corrected chi connectivity index (χ4v) is 3.42. The number of rotatable bonds is 3. The van der Waals surface area contributed by atoms with Crippen molar-refractivity contribution in [3.63, 3.8) is 0 Å². The van der Waals surface area contributed by atoms with Crippen molar-refractivity contribution in [2.45, 2.75) is 13.0 Å². The second kappa shape index (κ2) is 7.77. The molecule has 0 aromatic heterocycles. The van der Waals surface area contributed by atoms with Crippen LogP contribution in [0, 0.1) is 0 Å². The van der Waals surface area contributed by atoms with Gasteiger partial charge in [0.05, 0.1) is 25.8 Å². The molecular weight excluding hydrogens is 306 g/mol. The molecule has 0 bridgehead atoms. The van der Waals surface area contributed by atoms with Crippen molar-refractivity contribution in [2.24, 2.45) is 0 Å². The number of piperazine rings is 1. The molecule has 0 radical (unpaired) electrons. The van der Waals surface area contributed by atoms with Crippen molar-refractivity contribution in [3.05, 3.63) is 35.9 Å². The SMILES string of the molecule is CC(=O)N1CCN(CC(=O)N2CCOCC2)C[C@H]1c1ccccc1. The van der Waals surface area contributed by atoms with E-state index in [0.717, 1.165) is 12.1 Å². The van der Waals surface area contributed by atoms with Crippen LogP contribution in [0.3, 0.4) is 0 Å². The van der Waals surface area contributed by atoms with Gasteiger partial charge >= 0.3 is 0 Å². The Bertz CT molecular complexity index is 572. The Hall–Kier alpha value is -1.92. The first kappa shape index (κ1) is 16.9. The van der Waals surface area contributed by atoms with Crippen LogP contribution in [0.5, 0.6) is 0 Å². The molecule has 1 aromatic carbocycles. The highest BCUT2D eigenvalue weighted by atomic mass is 16.5. The average molecular weight is 331 g/mol. The second-order valence-corrected chi connectivity index (χ2v) is 6.37. The van der Waals surface area contributed by atoms with Gasteiger partial charge in [0.1, 0.15) is 0 Å². The number of amides is 2. The van der Waals surface area contributed by atoms with Gasteiger partial charge in [-0.25, -0.2) is 0 Å². The van der Waals surface area contributed by atoms with Crippen molar-refractivity contribution in [2.75, 3.05) is 52.5 Å². The molecule has 2 fully saturated rings. The van der Waals surface area contributed by atoms with Gasteiger partial charge in [-0.15, -0.1) is 0 Å². The molecule has 130 valence electrons. The molecule has 0 spiro atoms. The summed E-state index contributed by atoms with van der Waals surface area (Å²) >= 11 is 0. The molecule has 0 N–H and O–H groups in total. The minimum Gasteiger partial charge on any atom is -0.378 e. The standard InChI is InChI=1S/C18H25N3O3/c1-15(22)21-8-7-19(13-17(21)16-5-3-2-4-6-16)14-18(23)20-9-11-24-12-10-20/h2-6,17H,7-14H2,1H3/t17-/m0/s1. The monoisotopic (exact) mass is 331 g/mol. The predicted octanol–water partition coefficient (Wildman–Crippen LogP) is 0.751. The van der Waals surface area contributed by atoms with Crippen molar-refractivity contribution < 1.29 is 14.3 Å². The Morgan fingerprint density at radius 2 is 1.79 bits per heavy atom. The van der Waals surface area contributed by atoms with Crippen LogP contribution >= 0.6 is 0 Å². The normalized spacial score (nSPS) is 22.5. The van der Waals surface area contributed by atoms with Gasteiger partial charge in [-0.3, -0.25) is 14.5 Å². The van der Waals surface area contributed by atoms with Gasteiger partial charge in [0.25, 0.3) is 0 Å². The first-order valence-electron chi connectivity index (χ1n) is 8.55. The van der Waals surface area contributed by atoms with Gasteiger partial charge in [-0.05, 0) is 5.56 Å². The molecule has 0 unspecified atom stereocenters. The predicted molar refractivity (Wildman–Crippen MR) is 90.4 cm³/mol. The second-order valence-electron chi connectivity index (χ2n) is 6.37. The van der Waals surface area contributed by atoms with Crippen LogP contribution in [0.15, 0.2) is 30.3 Å². The summed E-state index contributed by atoms with van der Waals surface area (Å²) in [7, 11) is 0. The van der Waals surface area contributed by atoms with Crippen LogP contribution < -0.4 is 0 Å². The summed E-state index contributed by atoms with van der Waals surface area (Å²) in [5.41, 5.74) is 1.12. The molecule has 2 saturated heterocycles. The van der Waals surface area contributed by atoms with Crippen LogP contribution in [-0.4, -0.2) is 79.0 Å². The van der Waals surface area contributed by atoms with Gasteiger partial charge in [0.2, 0.25) is 11.8 Å². The smallest absolute Gasteiger partial charge is 0.236 e. The van der Waals surface area contributed by atoms with Crippen molar-refractivity contribution in [1.29, 1.82) is 0 Å². The zero-order valence-electron chi connectivity index (χ0n) is 14.2. The van der Waals surface area contributed by atoms with Gasteiger partial charge in [-0.2, -0.15) is 0 Å². The maximum absolute atomic E-state index is 12.5. The van der Waals surface area contributed by atoms with E-state index in [1.807, 2.05) is 40.1 Å². The topological polar surface area (TPSA) is 53.1 Å². The molecule has 6 nitrogen and oxygen atoms in total. The summed E-state index contributed by atoms with van der Waals surface area (Å²) in [6.45, 7) is 6.71. The van der Waals surface area contributed by atoms with Gasteiger partial charge in [-0.1, -0.05) is 30.3 Å². The summed E-state index contributed by atoms with van der Waals surface area (Å²) < 4.78 is 5.30. The summed E-state index contributed by atoms with van der Waals surface area (Å²) in [6, 6.07) is 10.1. The fourth-order valence-electron chi connectivity index (χ4n) is 3.42. The van der Waals surface area contributed by atoms with Crippen LogP contribution in [0.4, 0.5) is 0 Å². The first-order chi connectivity index (χ1) is 11.6. The lowest BCUT2D eigenvalue weighted by Gasteiger charge is -2.41. The van der Waals surface area contributed by atoms with E-state index in [2.05, 4.69) is 4.90 Å². The summed E-state index contributed by atoms with van der Waals surface area (Å²) in [5.74, 6) is 0.240. The molecule has 0 saturated carbocycles. The van der Waals surface area contributed by atoms with E-state index in [0.29, 0.717) is 45.9 Å². The summed E-state index contributed by atoms with van der Waals surface area (Å²) in [6.07, 6.45) is 0. The van der Waals surface area contributed by atoms with Crippen molar-refractivity contribution in [1.82, 2.24) is 14.7 Å². The molecule has 2 heterocycles. The van der Waals surface area contributed by atoms with E-state index >= 15 is 0 Å². The van der Waals surface area contributed by atoms with Gasteiger partial charge < -0.3 is 14.5 Å². The van der Waals surface area contributed by atoms with E-state index in [1.54, 1.807) is 6.92 Å². The number of carbonyl (C=O) groups excluding carboxylic acids is 2. The maximum atomic E-state index is 12.5.